The molecule has 78 valence electrons. The van der Waals surface area contributed by atoms with Crippen molar-refractivity contribution in [3.63, 3.8) is 0 Å². The molecule has 3 heteroatoms. The van der Waals surface area contributed by atoms with Gasteiger partial charge in [-0.25, -0.2) is 4.39 Å². The Hall–Kier alpha value is -0.410. The first kappa shape index (κ1) is 11.7. The number of halogens is 2. The van der Waals surface area contributed by atoms with Gasteiger partial charge in [0.2, 0.25) is 0 Å². The van der Waals surface area contributed by atoms with E-state index < -0.39 is 0 Å². The Morgan fingerprint density at radius 3 is 2.64 bits per heavy atom. The highest BCUT2D eigenvalue weighted by molar-refractivity contribution is 9.10. The smallest absolute Gasteiger partial charge is 0.126 e. The fourth-order valence-corrected chi connectivity index (χ4v) is 1.79. The van der Waals surface area contributed by atoms with Crippen LogP contribution in [0.4, 0.5) is 4.39 Å². The van der Waals surface area contributed by atoms with Crippen molar-refractivity contribution in [1.82, 2.24) is 4.90 Å². The molecule has 0 atom stereocenters. The first-order valence-electron chi connectivity index (χ1n) is 4.67. The van der Waals surface area contributed by atoms with Crippen molar-refractivity contribution >= 4 is 15.9 Å². The third-order valence-electron chi connectivity index (χ3n) is 2.31. The fourth-order valence-electron chi connectivity index (χ4n) is 1.21. The summed E-state index contributed by atoms with van der Waals surface area (Å²) in [6, 6.07) is 3.43. The van der Waals surface area contributed by atoms with E-state index in [1.54, 1.807) is 13.0 Å². The average Bonchev–Trinajstić information content (AvgIpc) is 2.14. The van der Waals surface area contributed by atoms with E-state index in [1.807, 2.05) is 13.1 Å². The quantitative estimate of drug-likeness (QED) is 0.805. The van der Waals surface area contributed by atoms with E-state index in [9.17, 15) is 4.39 Å². The molecule has 0 unspecified atom stereocenters. The summed E-state index contributed by atoms with van der Waals surface area (Å²) in [6.07, 6.45) is 0. The zero-order valence-corrected chi connectivity index (χ0v) is 10.4. The molecule has 0 saturated heterocycles. The monoisotopic (exact) mass is 259 g/mol. The van der Waals surface area contributed by atoms with Crippen LogP contribution in [-0.4, -0.2) is 18.5 Å². The molecule has 0 amide bonds. The number of benzene rings is 1. The summed E-state index contributed by atoms with van der Waals surface area (Å²) >= 11 is 3.45. The Morgan fingerprint density at radius 1 is 1.43 bits per heavy atom. The van der Waals surface area contributed by atoms with Crippen molar-refractivity contribution in [1.29, 1.82) is 0 Å². The molecular weight excluding hydrogens is 245 g/mol. The maximum Gasteiger partial charge on any atom is 0.126 e. The summed E-state index contributed by atoms with van der Waals surface area (Å²) < 4.78 is 14.3. The molecule has 0 N–H and O–H groups in total. The second kappa shape index (κ2) is 4.89. The molecule has 0 heterocycles. The lowest BCUT2D eigenvalue weighted by Crippen LogP contribution is -2.17. The van der Waals surface area contributed by atoms with Crippen molar-refractivity contribution in [2.75, 3.05) is 13.6 Å². The Labute approximate surface area is 93.0 Å². The van der Waals surface area contributed by atoms with Crippen molar-refractivity contribution in [3.8, 4) is 0 Å². The molecule has 0 spiro atoms. The summed E-state index contributed by atoms with van der Waals surface area (Å²) in [5, 5.41) is 0. The Kier molecular flexibility index (Phi) is 4.08. The molecule has 1 rings (SSSR count). The summed E-state index contributed by atoms with van der Waals surface area (Å²) in [6.45, 7) is 5.59. The van der Waals surface area contributed by atoms with E-state index >= 15 is 0 Å². The third kappa shape index (κ3) is 2.79. The van der Waals surface area contributed by atoms with Gasteiger partial charge in [-0.05, 0) is 43.8 Å². The number of aryl methyl sites for hydroxylation is 1. The van der Waals surface area contributed by atoms with Crippen LogP contribution in [0.2, 0.25) is 0 Å². The molecule has 0 aliphatic heterocycles. The van der Waals surface area contributed by atoms with E-state index in [2.05, 4.69) is 27.8 Å². The molecule has 1 nitrogen and oxygen atoms in total. The van der Waals surface area contributed by atoms with E-state index in [-0.39, 0.29) is 5.82 Å². The SMILES string of the molecule is CCN(C)Cc1cc(F)c(C)cc1Br. The highest BCUT2D eigenvalue weighted by atomic mass is 79.9. The van der Waals surface area contributed by atoms with E-state index in [1.165, 1.54) is 0 Å². The number of nitrogens with zero attached hydrogens (tertiary/aromatic N) is 1. The average molecular weight is 260 g/mol. The van der Waals surface area contributed by atoms with Crippen LogP contribution in [0, 0.1) is 12.7 Å². The standard InChI is InChI=1S/C11H15BrFN/c1-4-14(3)7-9-6-11(13)8(2)5-10(9)12/h5-6H,4,7H2,1-3H3. The van der Waals surface area contributed by atoms with Gasteiger partial charge in [0.1, 0.15) is 5.82 Å². The summed E-state index contributed by atoms with van der Waals surface area (Å²) in [4.78, 5) is 2.13. The van der Waals surface area contributed by atoms with Crippen LogP contribution in [0.25, 0.3) is 0 Å². The van der Waals surface area contributed by atoms with Crippen molar-refractivity contribution < 1.29 is 4.39 Å². The minimum absolute atomic E-state index is 0.132. The fraction of sp³-hybridized carbons (Fsp3) is 0.455. The van der Waals surface area contributed by atoms with Gasteiger partial charge in [-0.15, -0.1) is 0 Å². The summed E-state index contributed by atoms with van der Waals surface area (Å²) in [5.74, 6) is -0.132. The molecule has 0 aromatic heterocycles. The van der Waals surface area contributed by atoms with Crippen LogP contribution in [-0.2, 0) is 6.54 Å². The minimum atomic E-state index is -0.132. The van der Waals surface area contributed by atoms with Crippen LogP contribution >= 0.6 is 15.9 Å². The lowest BCUT2D eigenvalue weighted by molar-refractivity contribution is 0.344. The van der Waals surface area contributed by atoms with Gasteiger partial charge in [0.25, 0.3) is 0 Å². The molecule has 0 radical (unpaired) electrons. The van der Waals surface area contributed by atoms with Crippen LogP contribution in [0.15, 0.2) is 16.6 Å². The molecule has 0 saturated carbocycles. The number of hydrogen-bond acceptors (Lipinski definition) is 1. The van der Waals surface area contributed by atoms with E-state index in [0.29, 0.717) is 5.56 Å². The topological polar surface area (TPSA) is 3.24 Å². The van der Waals surface area contributed by atoms with Gasteiger partial charge in [-0.1, -0.05) is 22.9 Å². The van der Waals surface area contributed by atoms with Crippen LogP contribution in [0.3, 0.4) is 0 Å². The van der Waals surface area contributed by atoms with Gasteiger partial charge in [-0.2, -0.15) is 0 Å². The molecule has 0 bridgehead atoms. The van der Waals surface area contributed by atoms with Crippen LogP contribution < -0.4 is 0 Å². The Balaban J connectivity index is 2.92. The van der Waals surface area contributed by atoms with E-state index in [4.69, 9.17) is 0 Å². The maximum absolute atomic E-state index is 13.3. The first-order valence-corrected chi connectivity index (χ1v) is 5.47. The minimum Gasteiger partial charge on any atom is -0.302 e. The number of rotatable bonds is 3. The normalized spacial score (nSPS) is 11.0. The van der Waals surface area contributed by atoms with Gasteiger partial charge in [-0.3, -0.25) is 0 Å². The molecular formula is C11H15BrFN. The van der Waals surface area contributed by atoms with Gasteiger partial charge >= 0.3 is 0 Å². The van der Waals surface area contributed by atoms with E-state index in [0.717, 1.165) is 23.1 Å². The van der Waals surface area contributed by atoms with Crippen LogP contribution in [0.5, 0.6) is 0 Å². The predicted molar refractivity (Wildman–Crippen MR) is 60.8 cm³/mol. The first-order chi connectivity index (χ1) is 6.54. The van der Waals surface area contributed by atoms with Gasteiger partial charge in [0, 0.05) is 11.0 Å². The van der Waals surface area contributed by atoms with Crippen molar-refractivity contribution in [2.24, 2.45) is 0 Å². The Morgan fingerprint density at radius 2 is 2.07 bits per heavy atom. The summed E-state index contributed by atoms with van der Waals surface area (Å²) in [5.41, 5.74) is 1.68. The van der Waals surface area contributed by atoms with Crippen LogP contribution in [0.1, 0.15) is 18.1 Å². The zero-order valence-electron chi connectivity index (χ0n) is 8.77. The lowest BCUT2D eigenvalue weighted by atomic mass is 10.1. The Bertz CT molecular complexity index is 325. The van der Waals surface area contributed by atoms with Gasteiger partial charge < -0.3 is 4.90 Å². The molecule has 0 aliphatic carbocycles. The maximum atomic E-state index is 13.3. The lowest BCUT2D eigenvalue weighted by Gasteiger charge is -2.15. The molecule has 14 heavy (non-hydrogen) atoms. The van der Waals surface area contributed by atoms with Crippen molar-refractivity contribution in [2.45, 2.75) is 20.4 Å². The predicted octanol–water partition coefficient (Wildman–Crippen LogP) is 3.35. The molecule has 0 aliphatic rings. The summed E-state index contributed by atoms with van der Waals surface area (Å²) in [7, 11) is 2.02. The third-order valence-corrected chi connectivity index (χ3v) is 3.05. The highest BCUT2D eigenvalue weighted by Gasteiger charge is 2.06. The molecule has 1 aromatic carbocycles. The van der Waals surface area contributed by atoms with Gasteiger partial charge in [0.05, 0.1) is 0 Å². The second-order valence-electron chi connectivity index (χ2n) is 3.52. The molecule has 1 aromatic rings. The zero-order chi connectivity index (χ0) is 10.7. The second-order valence-corrected chi connectivity index (χ2v) is 4.38. The largest absolute Gasteiger partial charge is 0.302 e. The van der Waals surface area contributed by atoms with Gasteiger partial charge in [0.15, 0.2) is 0 Å². The molecule has 0 fully saturated rings. The van der Waals surface area contributed by atoms with Crippen molar-refractivity contribution in [3.05, 3.63) is 33.5 Å². The highest BCUT2D eigenvalue weighted by Crippen LogP contribution is 2.21. The number of hydrogen-bond donors (Lipinski definition) is 0.